The van der Waals surface area contributed by atoms with Crippen LogP contribution in [0.1, 0.15) is 6.92 Å². The molecule has 5 nitrogen and oxygen atoms in total. The van der Waals surface area contributed by atoms with Crippen LogP contribution < -0.4 is 5.32 Å². The highest BCUT2D eigenvalue weighted by Gasteiger charge is 2.26. The largest absolute Gasteiger partial charge is 0.338 e. The molecule has 0 spiro atoms. The van der Waals surface area contributed by atoms with Crippen molar-refractivity contribution in [3.63, 3.8) is 0 Å². The van der Waals surface area contributed by atoms with Gasteiger partial charge in [0.2, 0.25) is 5.91 Å². The van der Waals surface area contributed by atoms with Crippen molar-refractivity contribution in [1.29, 1.82) is 0 Å². The highest BCUT2D eigenvalue weighted by atomic mass is 32.2. The molecular formula is C15H20FN3O2S. The average Bonchev–Trinajstić information content (AvgIpc) is 2.55. The van der Waals surface area contributed by atoms with Gasteiger partial charge in [-0.25, -0.2) is 9.18 Å². The van der Waals surface area contributed by atoms with Crippen molar-refractivity contribution in [2.75, 3.05) is 37.8 Å². The predicted octanol–water partition coefficient (Wildman–Crippen LogP) is 2.25. The van der Waals surface area contributed by atoms with Gasteiger partial charge in [0.1, 0.15) is 5.82 Å². The van der Waals surface area contributed by atoms with Crippen molar-refractivity contribution < 1.29 is 14.0 Å². The third-order valence-corrected chi connectivity index (χ3v) is 4.58. The van der Waals surface area contributed by atoms with Gasteiger partial charge in [-0.1, -0.05) is 0 Å². The van der Waals surface area contributed by atoms with Crippen LogP contribution in [0.2, 0.25) is 0 Å². The highest BCUT2D eigenvalue weighted by Crippen LogP contribution is 2.13. The fourth-order valence-electron chi connectivity index (χ4n) is 2.22. The Hall–Kier alpha value is -1.76. The lowest BCUT2D eigenvalue weighted by Crippen LogP contribution is -2.53. The van der Waals surface area contributed by atoms with Crippen molar-refractivity contribution in [1.82, 2.24) is 9.80 Å². The van der Waals surface area contributed by atoms with Gasteiger partial charge in [-0.05, 0) is 37.4 Å². The lowest BCUT2D eigenvalue weighted by atomic mass is 10.3. The Morgan fingerprint density at radius 3 is 2.23 bits per heavy atom. The number of amides is 3. The van der Waals surface area contributed by atoms with Gasteiger partial charge in [-0.15, -0.1) is 0 Å². The third kappa shape index (κ3) is 4.13. The summed E-state index contributed by atoms with van der Waals surface area (Å²) in [4.78, 5) is 27.7. The first-order valence-corrected chi connectivity index (χ1v) is 8.43. The van der Waals surface area contributed by atoms with Crippen molar-refractivity contribution in [3.05, 3.63) is 30.1 Å². The van der Waals surface area contributed by atoms with E-state index < -0.39 is 0 Å². The Balaban J connectivity index is 1.84. The normalized spacial score (nSPS) is 16.3. The van der Waals surface area contributed by atoms with Crippen LogP contribution in [-0.2, 0) is 4.79 Å². The van der Waals surface area contributed by atoms with E-state index >= 15 is 0 Å². The molecule has 1 aromatic carbocycles. The second kappa shape index (κ2) is 7.49. The van der Waals surface area contributed by atoms with Crippen molar-refractivity contribution >= 4 is 29.4 Å². The zero-order valence-corrected chi connectivity index (χ0v) is 13.5. The topological polar surface area (TPSA) is 52.7 Å². The van der Waals surface area contributed by atoms with Crippen molar-refractivity contribution in [3.8, 4) is 0 Å². The second-order valence-corrected chi connectivity index (χ2v) is 6.31. The highest BCUT2D eigenvalue weighted by molar-refractivity contribution is 7.99. The number of hydrogen-bond donors (Lipinski definition) is 1. The van der Waals surface area contributed by atoms with E-state index in [1.54, 1.807) is 9.80 Å². The van der Waals surface area contributed by atoms with Crippen molar-refractivity contribution in [2.24, 2.45) is 0 Å². The zero-order valence-electron chi connectivity index (χ0n) is 12.7. The van der Waals surface area contributed by atoms with Gasteiger partial charge >= 0.3 is 6.03 Å². The standard InChI is InChI=1S/C15H20FN3O2S/c1-11(22-2)14(20)18-7-9-19(10-8-18)15(21)17-13-5-3-12(16)4-6-13/h3-6,11H,7-10H2,1-2H3,(H,17,21)/t11-/m0/s1. The van der Waals surface area contributed by atoms with Crippen LogP contribution in [0.25, 0.3) is 0 Å². The minimum atomic E-state index is -0.340. The molecule has 0 radical (unpaired) electrons. The van der Waals surface area contributed by atoms with Crippen molar-refractivity contribution in [2.45, 2.75) is 12.2 Å². The molecular weight excluding hydrogens is 305 g/mol. The number of benzene rings is 1. The number of carbonyl (C=O) groups is 2. The molecule has 1 aliphatic rings. The van der Waals surface area contributed by atoms with E-state index in [1.165, 1.54) is 36.0 Å². The van der Waals surface area contributed by atoms with E-state index in [9.17, 15) is 14.0 Å². The Labute approximate surface area is 133 Å². The molecule has 1 heterocycles. The number of carbonyl (C=O) groups excluding carboxylic acids is 2. The summed E-state index contributed by atoms with van der Waals surface area (Å²) in [5.41, 5.74) is 0.556. The molecule has 0 aromatic heterocycles. The molecule has 1 aromatic rings. The summed E-state index contributed by atoms with van der Waals surface area (Å²) in [5.74, 6) is -0.223. The molecule has 0 unspecified atom stereocenters. The summed E-state index contributed by atoms with van der Waals surface area (Å²) in [6.07, 6.45) is 1.91. The van der Waals surface area contributed by atoms with E-state index in [1.807, 2.05) is 13.2 Å². The summed E-state index contributed by atoms with van der Waals surface area (Å²) < 4.78 is 12.8. The molecule has 120 valence electrons. The van der Waals surface area contributed by atoms with Gasteiger partial charge < -0.3 is 15.1 Å². The number of nitrogens with zero attached hydrogens (tertiary/aromatic N) is 2. The second-order valence-electron chi connectivity index (χ2n) is 5.13. The van der Waals surface area contributed by atoms with Crippen LogP contribution in [0.4, 0.5) is 14.9 Å². The molecule has 1 aliphatic heterocycles. The molecule has 0 saturated carbocycles. The zero-order chi connectivity index (χ0) is 16.1. The van der Waals surface area contributed by atoms with Crippen LogP contribution in [0.5, 0.6) is 0 Å². The Bertz CT molecular complexity index is 530. The molecule has 1 atom stereocenters. The van der Waals surface area contributed by atoms with E-state index in [-0.39, 0.29) is 23.0 Å². The number of piperazine rings is 1. The van der Waals surface area contributed by atoms with E-state index in [0.29, 0.717) is 31.9 Å². The van der Waals surface area contributed by atoms with Gasteiger partial charge in [-0.3, -0.25) is 4.79 Å². The molecule has 2 rings (SSSR count). The number of rotatable bonds is 3. The van der Waals surface area contributed by atoms with E-state index in [4.69, 9.17) is 0 Å². The lowest BCUT2D eigenvalue weighted by Gasteiger charge is -2.35. The number of thioether (sulfide) groups is 1. The van der Waals surface area contributed by atoms with Crippen LogP contribution in [0.15, 0.2) is 24.3 Å². The third-order valence-electron chi connectivity index (χ3n) is 3.68. The molecule has 3 amide bonds. The van der Waals surface area contributed by atoms with E-state index in [0.717, 1.165) is 0 Å². The summed E-state index contributed by atoms with van der Waals surface area (Å²) in [5, 5.41) is 2.67. The minimum Gasteiger partial charge on any atom is -0.338 e. The predicted molar refractivity (Wildman–Crippen MR) is 86.5 cm³/mol. The van der Waals surface area contributed by atoms with Gasteiger partial charge in [0.25, 0.3) is 0 Å². The molecule has 0 bridgehead atoms. The smallest absolute Gasteiger partial charge is 0.321 e. The Kier molecular flexibility index (Phi) is 5.65. The monoisotopic (exact) mass is 325 g/mol. The van der Waals surface area contributed by atoms with Gasteiger partial charge in [-0.2, -0.15) is 11.8 Å². The number of urea groups is 1. The summed E-state index contributed by atoms with van der Waals surface area (Å²) in [6, 6.07) is 5.42. The molecule has 22 heavy (non-hydrogen) atoms. The number of halogens is 1. The maximum absolute atomic E-state index is 12.8. The first kappa shape index (κ1) is 16.6. The van der Waals surface area contributed by atoms with Gasteiger partial charge in [0.05, 0.1) is 5.25 Å². The lowest BCUT2D eigenvalue weighted by molar-refractivity contribution is -0.131. The molecule has 0 aliphatic carbocycles. The molecule has 1 saturated heterocycles. The van der Waals surface area contributed by atoms with Gasteiger partial charge in [0.15, 0.2) is 0 Å². The average molecular weight is 325 g/mol. The minimum absolute atomic E-state index is 0.0559. The quantitative estimate of drug-likeness (QED) is 0.927. The number of nitrogens with one attached hydrogen (secondary N) is 1. The SMILES string of the molecule is CS[C@@H](C)C(=O)N1CCN(C(=O)Nc2ccc(F)cc2)CC1. The Morgan fingerprint density at radius 2 is 1.68 bits per heavy atom. The van der Waals surface area contributed by atoms with Gasteiger partial charge in [0, 0.05) is 31.9 Å². The fourth-order valence-corrected chi connectivity index (χ4v) is 2.57. The van der Waals surface area contributed by atoms with Crippen LogP contribution in [0.3, 0.4) is 0 Å². The summed E-state index contributed by atoms with van der Waals surface area (Å²) >= 11 is 1.52. The first-order valence-electron chi connectivity index (χ1n) is 7.14. The molecule has 1 fully saturated rings. The Morgan fingerprint density at radius 1 is 1.14 bits per heavy atom. The molecule has 7 heteroatoms. The van der Waals surface area contributed by atoms with Crippen LogP contribution in [-0.4, -0.2) is 59.4 Å². The maximum atomic E-state index is 12.8. The fraction of sp³-hybridized carbons (Fsp3) is 0.467. The summed E-state index contributed by atoms with van der Waals surface area (Å²) in [7, 11) is 0. The maximum Gasteiger partial charge on any atom is 0.321 e. The first-order chi connectivity index (χ1) is 10.5. The van der Waals surface area contributed by atoms with Crippen LogP contribution in [0, 0.1) is 5.82 Å². The van der Waals surface area contributed by atoms with E-state index in [2.05, 4.69) is 5.32 Å². The summed E-state index contributed by atoms with van der Waals surface area (Å²) in [6.45, 7) is 3.97. The molecule has 1 N–H and O–H groups in total. The number of hydrogen-bond acceptors (Lipinski definition) is 3. The van der Waals surface area contributed by atoms with Crippen LogP contribution >= 0.6 is 11.8 Å². The number of anilines is 1.